The first-order chi connectivity index (χ1) is 13.4. The fourth-order valence-corrected chi connectivity index (χ4v) is 5.24. The van der Waals surface area contributed by atoms with Crippen molar-refractivity contribution in [2.45, 2.75) is 25.4 Å². The van der Waals surface area contributed by atoms with Crippen LogP contribution in [0.5, 0.6) is 5.88 Å². The summed E-state index contributed by atoms with van der Waals surface area (Å²) in [6, 6.07) is 4.48. The van der Waals surface area contributed by atoms with Gasteiger partial charge >= 0.3 is 5.56 Å². The van der Waals surface area contributed by atoms with Crippen LogP contribution in [0.15, 0.2) is 41.8 Å². The monoisotopic (exact) mass is 453 g/mol. The summed E-state index contributed by atoms with van der Waals surface area (Å²) < 4.78 is 3.66. The van der Waals surface area contributed by atoms with Gasteiger partial charge in [0, 0.05) is 22.7 Å². The predicted molar refractivity (Wildman–Crippen MR) is 110 cm³/mol. The average Bonchev–Trinajstić information content (AvgIpc) is 3.24. The molecular formula is C19H14Cl3N3O2S. The van der Waals surface area contributed by atoms with E-state index in [4.69, 9.17) is 34.8 Å². The van der Waals surface area contributed by atoms with Gasteiger partial charge in [-0.05, 0) is 23.8 Å². The summed E-state index contributed by atoms with van der Waals surface area (Å²) in [5, 5.41) is 13.9. The van der Waals surface area contributed by atoms with E-state index in [1.807, 2.05) is 0 Å². The third-order valence-electron chi connectivity index (χ3n) is 4.72. The highest BCUT2D eigenvalue weighted by molar-refractivity contribution is 7.15. The van der Waals surface area contributed by atoms with Crippen molar-refractivity contribution >= 4 is 46.1 Å². The van der Waals surface area contributed by atoms with Crippen molar-refractivity contribution in [3.05, 3.63) is 72.6 Å². The lowest BCUT2D eigenvalue weighted by atomic mass is 10.1. The number of aromatic nitrogens is 3. The maximum Gasteiger partial charge on any atom is 0.345 e. The molecule has 0 N–H and O–H groups in total. The molecule has 4 rings (SSSR count). The smallest absolute Gasteiger partial charge is 0.345 e. The Bertz CT molecular complexity index is 1140. The zero-order valence-electron chi connectivity index (χ0n) is 14.5. The van der Waals surface area contributed by atoms with Gasteiger partial charge in [0.05, 0.1) is 17.2 Å². The number of fused-ring (bicyclic) bond motifs is 1. The Hall–Kier alpha value is -1.86. The fraction of sp³-hybridized carbons (Fsp3) is 0.211. The van der Waals surface area contributed by atoms with E-state index in [2.05, 4.69) is 11.6 Å². The summed E-state index contributed by atoms with van der Waals surface area (Å²) in [5.41, 5.74) is 0.0665. The molecule has 3 heterocycles. The Morgan fingerprint density at radius 1 is 1.32 bits per heavy atom. The molecule has 1 atom stereocenters. The number of rotatable bonds is 4. The number of thiazole rings is 1. The van der Waals surface area contributed by atoms with Gasteiger partial charge in [-0.2, -0.15) is 4.57 Å². The van der Waals surface area contributed by atoms with Gasteiger partial charge in [0.15, 0.2) is 4.47 Å². The van der Waals surface area contributed by atoms with Gasteiger partial charge < -0.3 is 5.11 Å². The summed E-state index contributed by atoms with van der Waals surface area (Å²) in [7, 11) is 0. The van der Waals surface area contributed by atoms with Crippen molar-refractivity contribution in [1.82, 2.24) is 9.55 Å². The highest BCUT2D eigenvalue weighted by Crippen LogP contribution is 2.34. The number of hydrogen-bond donors (Lipinski definition) is 0. The molecule has 1 unspecified atom stereocenters. The van der Waals surface area contributed by atoms with Crippen molar-refractivity contribution in [2.24, 2.45) is 0 Å². The molecule has 0 fully saturated rings. The normalized spacial score (nSPS) is 15.6. The van der Waals surface area contributed by atoms with Gasteiger partial charge in [-0.25, -0.2) is 14.3 Å². The van der Waals surface area contributed by atoms with Gasteiger partial charge in [-0.3, -0.25) is 0 Å². The predicted octanol–water partition coefficient (Wildman–Crippen LogP) is 4.01. The molecule has 0 saturated heterocycles. The molecule has 0 radical (unpaired) electrons. The lowest BCUT2D eigenvalue weighted by Crippen LogP contribution is -2.55. The third kappa shape index (κ3) is 3.24. The van der Waals surface area contributed by atoms with Crippen LogP contribution >= 0.6 is 46.1 Å². The molecule has 144 valence electrons. The van der Waals surface area contributed by atoms with E-state index in [0.29, 0.717) is 45.3 Å². The molecule has 2 aromatic heterocycles. The number of allylic oxidation sites excluding steroid dienone is 1. The zero-order valence-corrected chi connectivity index (χ0v) is 17.6. The van der Waals surface area contributed by atoms with Crippen LogP contribution in [0.2, 0.25) is 14.5 Å². The highest BCUT2D eigenvalue weighted by Gasteiger charge is 2.37. The maximum atomic E-state index is 13.4. The Labute approximate surface area is 180 Å². The van der Waals surface area contributed by atoms with E-state index < -0.39 is 0 Å². The topological polar surface area (TPSA) is 61.8 Å². The van der Waals surface area contributed by atoms with Crippen LogP contribution in [-0.4, -0.2) is 9.55 Å². The molecule has 0 bridgehead atoms. The third-order valence-corrected chi connectivity index (χ3v) is 6.37. The van der Waals surface area contributed by atoms with Crippen molar-refractivity contribution in [1.29, 1.82) is 0 Å². The molecule has 0 amide bonds. The van der Waals surface area contributed by atoms with Gasteiger partial charge in [0.2, 0.25) is 0 Å². The van der Waals surface area contributed by atoms with Crippen molar-refractivity contribution in [3.63, 3.8) is 0 Å². The SMILES string of the molecule is C=CCn1c([O-])c(-c2cc(Cl)cc(Cl)c2)c(=O)[n+]2c1CCC2c1cnc(Cl)s1. The van der Waals surface area contributed by atoms with Crippen LogP contribution in [0.3, 0.4) is 0 Å². The summed E-state index contributed by atoms with van der Waals surface area (Å²) in [6.07, 6.45) is 4.59. The van der Waals surface area contributed by atoms with Crippen LogP contribution in [-0.2, 0) is 13.0 Å². The Balaban J connectivity index is 2.02. The molecule has 1 aromatic carbocycles. The van der Waals surface area contributed by atoms with E-state index in [-0.39, 0.29) is 23.0 Å². The lowest BCUT2D eigenvalue weighted by molar-refractivity contribution is -0.724. The van der Waals surface area contributed by atoms with Gasteiger partial charge in [0.25, 0.3) is 5.82 Å². The fourth-order valence-electron chi connectivity index (χ4n) is 3.63. The van der Waals surface area contributed by atoms with Crippen molar-refractivity contribution in [2.75, 3.05) is 0 Å². The lowest BCUT2D eigenvalue weighted by Gasteiger charge is -2.19. The Kier molecular flexibility index (Phi) is 5.22. The van der Waals surface area contributed by atoms with Crippen LogP contribution in [0.1, 0.15) is 23.2 Å². The first-order valence-corrected chi connectivity index (χ1v) is 10.4. The average molecular weight is 455 g/mol. The van der Waals surface area contributed by atoms with Crippen LogP contribution < -0.4 is 15.2 Å². The molecule has 28 heavy (non-hydrogen) atoms. The Morgan fingerprint density at radius 3 is 2.64 bits per heavy atom. The van der Waals surface area contributed by atoms with E-state index in [9.17, 15) is 9.90 Å². The molecular weight excluding hydrogens is 441 g/mol. The molecule has 0 spiro atoms. The minimum absolute atomic E-state index is 0.0394. The number of nitrogens with zero attached hydrogens (tertiary/aromatic N) is 3. The molecule has 0 saturated carbocycles. The number of hydrogen-bond acceptors (Lipinski definition) is 4. The minimum atomic E-state index is -0.377. The first-order valence-electron chi connectivity index (χ1n) is 8.47. The number of benzene rings is 1. The molecule has 1 aliphatic heterocycles. The van der Waals surface area contributed by atoms with Gasteiger partial charge in [0.1, 0.15) is 18.2 Å². The number of halogens is 3. The zero-order chi connectivity index (χ0) is 20.0. The minimum Gasteiger partial charge on any atom is -0.842 e. The second-order valence-electron chi connectivity index (χ2n) is 6.40. The molecule has 0 aliphatic carbocycles. The Morgan fingerprint density at radius 2 is 2.04 bits per heavy atom. The molecule has 9 heteroatoms. The van der Waals surface area contributed by atoms with E-state index >= 15 is 0 Å². The van der Waals surface area contributed by atoms with E-state index in [1.54, 1.807) is 39.6 Å². The summed E-state index contributed by atoms with van der Waals surface area (Å²) in [6.45, 7) is 4.04. The van der Waals surface area contributed by atoms with Crippen LogP contribution in [0.25, 0.3) is 11.1 Å². The first kappa shape index (κ1) is 19.5. The van der Waals surface area contributed by atoms with Crippen LogP contribution in [0, 0.1) is 0 Å². The highest BCUT2D eigenvalue weighted by atomic mass is 35.5. The maximum absolute atomic E-state index is 13.4. The van der Waals surface area contributed by atoms with Gasteiger partial charge in [-0.15, -0.1) is 11.3 Å². The summed E-state index contributed by atoms with van der Waals surface area (Å²) in [4.78, 5) is 18.4. The standard InChI is InChI=1S/C19H14Cl3N3O2S/c1-2-5-24-15-4-3-13(14-9-23-19(22)28-14)25(15)18(27)16(17(24)26)10-6-11(20)8-12(21)7-10/h2,6-9,13H,1,3-5H2. The second kappa shape index (κ2) is 7.52. The quantitative estimate of drug-likeness (QED) is 0.442. The second-order valence-corrected chi connectivity index (χ2v) is 8.92. The summed E-state index contributed by atoms with van der Waals surface area (Å²) in [5.74, 6) is 0.291. The van der Waals surface area contributed by atoms with Crippen molar-refractivity contribution < 1.29 is 9.67 Å². The molecule has 5 nitrogen and oxygen atoms in total. The largest absolute Gasteiger partial charge is 0.842 e. The van der Waals surface area contributed by atoms with Crippen LogP contribution in [0.4, 0.5) is 0 Å². The van der Waals surface area contributed by atoms with E-state index in [0.717, 1.165) is 4.88 Å². The van der Waals surface area contributed by atoms with Crippen molar-refractivity contribution in [3.8, 4) is 17.0 Å². The summed E-state index contributed by atoms with van der Waals surface area (Å²) >= 11 is 19.5. The molecule has 3 aromatic rings. The van der Waals surface area contributed by atoms with E-state index in [1.165, 1.54) is 11.3 Å². The van der Waals surface area contributed by atoms with Gasteiger partial charge in [-0.1, -0.05) is 47.5 Å². The molecule has 1 aliphatic rings.